The van der Waals surface area contributed by atoms with Crippen molar-refractivity contribution in [2.45, 2.75) is 45.8 Å². The summed E-state index contributed by atoms with van der Waals surface area (Å²) in [5.74, 6) is -0.573. The molecule has 0 unspecified atom stereocenters. The van der Waals surface area contributed by atoms with Crippen LogP contribution in [0.2, 0.25) is 23.2 Å². The first kappa shape index (κ1) is 20.5. The van der Waals surface area contributed by atoms with Gasteiger partial charge in [-0.25, -0.2) is 4.79 Å². The maximum absolute atomic E-state index is 11.5. The van der Waals surface area contributed by atoms with Crippen molar-refractivity contribution in [3.05, 3.63) is 22.2 Å². The Kier molecular flexibility index (Phi) is 6.11. The van der Waals surface area contributed by atoms with E-state index < -0.39 is 14.3 Å². The fourth-order valence-electron chi connectivity index (χ4n) is 2.29. The van der Waals surface area contributed by atoms with Crippen molar-refractivity contribution in [1.82, 2.24) is 0 Å². The molecule has 0 aromatic heterocycles. The number of carboxylic acids is 1. The SMILES string of the molecule is COc1cc(O[Si](C)(C)C(C)(C)C(C)C)c(C=O)c(C(=O)O)c1Cl. The van der Waals surface area contributed by atoms with E-state index in [1.807, 2.05) is 13.1 Å². The average Bonchev–Trinajstić information content (AvgIpc) is 2.46. The van der Waals surface area contributed by atoms with Crippen LogP contribution in [-0.2, 0) is 0 Å². The average molecular weight is 373 g/mol. The number of hydrogen-bond donors (Lipinski definition) is 1. The Labute approximate surface area is 149 Å². The molecule has 5 nitrogen and oxygen atoms in total. The molecule has 0 aliphatic rings. The zero-order valence-electron chi connectivity index (χ0n) is 15.2. The van der Waals surface area contributed by atoms with Crippen LogP contribution in [0.15, 0.2) is 6.07 Å². The summed E-state index contributed by atoms with van der Waals surface area (Å²) in [4.78, 5) is 23.1. The van der Waals surface area contributed by atoms with E-state index in [1.165, 1.54) is 13.2 Å². The van der Waals surface area contributed by atoms with Crippen LogP contribution in [0.25, 0.3) is 0 Å². The van der Waals surface area contributed by atoms with Gasteiger partial charge in [-0.2, -0.15) is 0 Å². The Morgan fingerprint density at radius 1 is 1.33 bits per heavy atom. The number of ether oxygens (including phenoxy) is 1. The third-order valence-corrected chi connectivity index (χ3v) is 9.93. The number of hydrogen-bond acceptors (Lipinski definition) is 4. The van der Waals surface area contributed by atoms with Crippen LogP contribution in [0.5, 0.6) is 11.5 Å². The maximum atomic E-state index is 11.5. The lowest BCUT2D eigenvalue weighted by molar-refractivity contribution is 0.0693. The molecule has 0 radical (unpaired) electrons. The van der Waals surface area contributed by atoms with Gasteiger partial charge in [0.05, 0.1) is 23.3 Å². The van der Waals surface area contributed by atoms with Gasteiger partial charge in [-0.15, -0.1) is 0 Å². The molecule has 0 fully saturated rings. The van der Waals surface area contributed by atoms with Crippen molar-refractivity contribution in [1.29, 1.82) is 0 Å². The summed E-state index contributed by atoms with van der Waals surface area (Å²) >= 11 is 6.06. The predicted molar refractivity (Wildman–Crippen MR) is 97.3 cm³/mol. The van der Waals surface area contributed by atoms with Crippen molar-refractivity contribution >= 4 is 32.2 Å². The highest BCUT2D eigenvalue weighted by molar-refractivity contribution is 6.75. The number of rotatable bonds is 7. The second-order valence-electron chi connectivity index (χ2n) is 7.09. The molecule has 0 atom stereocenters. The summed E-state index contributed by atoms with van der Waals surface area (Å²) in [6, 6.07) is 1.49. The predicted octanol–water partition coefficient (Wildman–Crippen LogP) is 4.88. The van der Waals surface area contributed by atoms with E-state index in [-0.39, 0.29) is 32.7 Å². The molecule has 24 heavy (non-hydrogen) atoms. The lowest BCUT2D eigenvalue weighted by Crippen LogP contribution is -2.48. The van der Waals surface area contributed by atoms with Crippen LogP contribution in [0.4, 0.5) is 0 Å². The summed E-state index contributed by atoms with van der Waals surface area (Å²) in [7, 11) is -0.957. The molecule has 134 valence electrons. The molecule has 0 saturated heterocycles. The highest BCUT2D eigenvalue weighted by Gasteiger charge is 2.45. The van der Waals surface area contributed by atoms with Gasteiger partial charge in [0.2, 0.25) is 0 Å². The fourth-order valence-corrected chi connectivity index (χ4v) is 4.97. The monoisotopic (exact) mass is 372 g/mol. The lowest BCUT2D eigenvalue weighted by Gasteiger charge is -2.42. The molecule has 0 aliphatic carbocycles. The second-order valence-corrected chi connectivity index (χ2v) is 12.0. The molecule has 1 aromatic rings. The first-order valence-electron chi connectivity index (χ1n) is 7.68. The van der Waals surface area contributed by atoms with Crippen molar-refractivity contribution < 1.29 is 23.9 Å². The zero-order chi connectivity index (χ0) is 18.9. The summed E-state index contributed by atoms with van der Waals surface area (Å²) in [6.45, 7) is 12.6. The molecule has 0 aliphatic heterocycles. The standard InChI is InChI=1S/C17H25ClO5Si/c1-10(2)17(3,4)24(6,7)23-12-8-13(22-5)15(18)14(16(20)21)11(12)9-19/h8-10H,1-7H3,(H,20,21). The first-order valence-corrected chi connectivity index (χ1v) is 11.0. The summed E-state index contributed by atoms with van der Waals surface area (Å²) in [5.41, 5.74) is -0.360. The van der Waals surface area contributed by atoms with Gasteiger partial charge in [-0.3, -0.25) is 4.79 Å². The maximum Gasteiger partial charge on any atom is 0.338 e. The van der Waals surface area contributed by atoms with Gasteiger partial charge < -0.3 is 14.3 Å². The molecule has 1 aromatic carbocycles. The largest absolute Gasteiger partial charge is 0.543 e. The third-order valence-electron chi connectivity index (χ3n) is 5.14. The summed E-state index contributed by atoms with van der Waals surface area (Å²) < 4.78 is 11.4. The Morgan fingerprint density at radius 3 is 2.25 bits per heavy atom. The number of methoxy groups -OCH3 is 1. The Balaban J connectivity index is 3.57. The van der Waals surface area contributed by atoms with Crippen molar-refractivity contribution in [2.75, 3.05) is 7.11 Å². The molecule has 0 bridgehead atoms. The van der Waals surface area contributed by atoms with E-state index in [4.69, 9.17) is 20.8 Å². The van der Waals surface area contributed by atoms with Crippen LogP contribution in [-0.4, -0.2) is 32.8 Å². The van der Waals surface area contributed by atoms with Crippen LogP contribution in [0, 0.1) is 5.92 Å². The first-order chi connectivity index (χ1) is 10.9. The summed E-state index contributed by atoms with van der Waals surface area (Å²) in [5, 5.41) is 9.21. The molecular formula is C17H25ClO5Si. The van der Waals surface area contributed by atoms with Crippen LogP contribution in [0.1, 0.15) is 48.4 Å². The van der Waals surface area contributed by atoms with Gasteiger partial charge in [-0.05, 0) is 24.1 Å². The number of halogens is 1. The van der Waals surface area contributed by atoms with Gasteiger partial charge in [0, 0.05) is 6.07 Å². The van der Waals surface area contributed by atoms with Gasteiger partial charge in [0.15, 0.2) is 6.29 Å². The minimum absolute atomic E-state index is 0.0616. The Hall–Kier alpha value is -1.53. The number of carboxylic acid groups (broad SMARTS) is 1. The molecule has 1 rings (SSSR count). The molecule has 0 spiro atoms. The Bertz CT molecular complexity index is 653. The van der Waals surface area contributed by atoms with Crippen LogP contribution in [0.3, 0.4) is 0 Å². The van der Waals surface area contributed by atoms with Crippen LogP contribution < -0.4 is 9.16 Å². The topological polar surface area (TPSA) is 72.8 Å². The second kappa shape index (κ2) is 7.15. The van der Waals surface area contributed by atoms with E-state index >= 15 is 0 Å². The van der Waals surface area contributed by atoms with E-state index in [0.717, 1.165) is 0 Å². The van der Waals surface area contributed by atoms with E-state index in [9.17, 15) is 14.7 Å². The third kappa shape index (κ3) is 3.59. The molecule has 0 amide bonds. The van der Waals surface area contributed by atoms with Crippen molar-refractivity contribution in [2.24, 2.45) is 5.92 Å². The lowest BCUT2D eigenvalue weighted by atomic mass is 9.99. The van der Waals surface area contributed by atoms with E-state index in [2.05, 4.69) is 27.7 Å². The molecular weight excluding hydrogens is 348 g/mol. The molecule has 0 heterocycles. The number of benzene rings is 1. The highest BCUT2D eigenvalue weighted by atomic mass is 35.5. The minimum Gasteiger partial charge on any atom is -0.543 e. The van der Waals surface area contributed by atoms with Crippen molar-refractivity contribution in [3.63, 3.8) is 0 Å². The van der Waals surface area contributed by atoms with Gasteiger partial charge in [0.25, 0.3) is 8.32 Å². The zero-order valence-corrected chi connectivity index (χ0v) is 16.9. The highest BCUT2D eigenvalue weighted by Crippen LogP contribution is 2.46. The molecule has 7 heteroatoms. The smallest absolute Gasteiger partial charge is 0.338 e. The number of carbonyl (C=O) groups is 2. The van der Waals surface area contributed by atoms with Gasteiger partial charge in [-0.1, -0.05) is 39.3 Å². The van der Waals surface area contributed by atoms with Crippen molar-refractivity contribution in [3.8, 4) is 11.5 Å². The number of aromatic carboxylic acids is 1. The molecule has 0 saturated carbocycles. The van der Waals surface area contributed by atoms with E-state index in [1.54, 1.807) is 0 Å². The Morgan fingerprint density at radius 2 is 1.88 bits per heavy atom. The number of carbonyl (C=O) groups excluding carboxylic acids is 1. The molecule has 1 N–H and O–H groups in total. The van der Waals surface area contributed by atoms with E-state index in [0.29, 0.717) is 12.2 Å². The van der Waals surface area contributed by atoms with Gasteiger partial charge >= 0.3 is 5.97 Å². The fraction of sp³-hybridized carbons (Fsp3) is 0.529. The van der Waals surface area contributed by atoms with Gasteiger partial charge in [0.1, 0.15) is 11.5 Å². The summed E-state index contributed by atoms with van der Waals surface area (Å²) in [6.07, 6.45) is 0.469. The number of aldehydes is 1. The van der Waals surface area contributed by atoms with Crippen LogP contribution >= 0.6 is 11.6 Å². The normalized spacial score (nSPS) is 12.2. The quantitative estimate of drug-likeness (QED) is 0.545. The minimum atomic E-state index is -2.34.